The molecule has 1 aromatic carbocycles. The summed E-state index contributed by atoms with van der Waals surface area (Å²) in [5.41, 5.74) is 1.88. The first-order valence-corrected chi connectivity index (χ1v) is 11.6. The van der Waals surface area contributed by atoms with Gasteiger partial charge in [0.1, 0.15) is 0 Å². The number of hydrogen-bond donors (Lipinski definition) is 1. The fraction of sp³-hybridized carbons (Fsp3) is 0.300. The fourth-order valence-electron chi connectivity index (χ4n) is 2.41. The number of nitrogens with zero attached hydrogens (tertiary/aromatic N) is 4. The highest BCUT2D eigenvalue weighted by Crippen LogP contribution is 2.27. The third kappa shape index (κ3) is 5.77. The topological polar surface area (TPSA) is 72.7 Å². The minimum Gasteiger partial charge on any atom is -0.301 e. The van der Waals surface area contributed by atoms with Crippen LogP contribution in [-0.4, -0.2) is 31.4 Å². The largest absolute Gasteiger partial charge is 0.301 e. The Balaban J connectivity index is 1.66. The number of carbonyl (C=O) groups excluding carboxylic acids is 1. The highest BCUT2D eigenvalue weighted by molar-refractivity contribution is 9.10. The molecule has 9 heteroatoms. The molecule has 0 aliphatic heterocycles. The van der Waals surface area contributed by atoms with Gasteiger partial charge in [0, 0.05) is 20.8 Å². The van der Waals surface area contributed by atoms with Crippen LogP contribution in [-0.2, 0) is 16.8 Å². The second-order valence-corrected chi connectivity index (χ2v) is 10.0. The van der Waals surface area contributed by atoms with E-state index in [2.05, 4.69) is 63.7 Å². The molecule has 0 saturated carbocycles. The molecule has 1 N–H and O–H groups in total. The van der Waals surface area contributed by atoms with Crippen LogP contribution in [0.1, 0.15) is 26.5 Å². The highest BCUT2D eigenvalue weighted by Gasteiger charge is 2.18. The lowest BCUT2D eigenvalue weighted by Gasteiger charge is -2.14. The zero-order valence-corrected chi connectivity index (χ0v) is 19.7. The number of hydrogen-bond acceptors (Lipinski definition) is 6. The maximum atomic E-state index is 12.3. The Morgan fingerprint density at radius 1 is 1.31 bits per heavy atom. The molecule has 1 amide bonds. The molecule has 6 nitrogen and oxygen atoms in total. The first-order valence-electron chi connectivity index (χ1n) is 8.96. The second-order valence-electron chi connectivity index (χ2n) is 7.32. The normalized spacial score (nSPS) is 11.4. The summed E-state index contributed by atoms with van der Waals surface area (Å²) < 4.78 is 2.78. The van der Waals surface area contributed by atoms with Crippen LogP contribution in [0.15, 0.2) is 51.9 Å². The standard InChI is InChI=1S/C20H22BrN5OS2/c1-5-10-26-17(13-6-8-14(21)9-7-13)24-19(25-26)29-12-16(27)23-18-22-15(11-28-18)20(2,3)4/h5-9,11H,1,10,12H2,2-4H3,(H,22,23,27). The van der Waals surface area contributed by atoms with E-state index < -0.39 is 0 Å². The average molecular weight is 492 g/mol. The summed E-state index contributed by atoms with van der Waals surface area (Å²) in [5.74, 6) is 0.826. The molecule has 2 heterocycles. The van der Waals surface area contributed by atoms with Crippen molar-refractivity contribution >= 4 is 50.1 Å². The van der Waals surface area contributed by atoms with E-state index >= 15 is 0 Å². The van der Waals surface area contributed by atoms with Gasteiger partial charge in [-0.05, 0) is 12.1 Å². The van der Waals surface area contributed by atoms with Crippen molar-refractivity contribution in [2.24, 2.45) is 0 Å². The third-order valence-corrected chi connectivity index (χ3v) is 6.03. The van der Waals surface area contributed by atoms with Crippen LogP contribution < -0.4 is 5.32 Å². The van der Waals surface area contributed by atoms with Crippen LogP contribution >= 0.6 is 39.0 Å². The number of allylic oxidation sites excluding steroid dienone is 1. The molecule has 3 aromatic rings. The molecule has 0 saturated heterocycles. The molecular formula is C20H22BrN5OS2. The number of aromatic nitrogens is 4. The molecule has 2 aromatic heterocycles. The Labute approximate surface area is 187 Å². The molecule has 29 heavy (non-hydrogen) atoms. The molecule has 3 rings (SSSR count). The summed E-state index contributed by atoms with van der Waals surface area (Å²) in [6.45, 7) is 10.6. The highest BCUT2D eigenvalue weighted by atomic mass is 79.9. The number of rotatable bonds is 7. The van der Waals surface area contributed by atoms with Crippen molar-refractivity contribution in [3.8, 4) is 11.4 Å². The predicted molar refractivity (Wildman–Crippen MR) is 124 cm³/mol. The van der Waals surface area contributed by atoms with Crippen LogP contribution in [0.2, 0.25) is 0 Å². The van der Waals surface area contributed by atoms with Gasteiger partial charge in [0.05, 0.1) is 18.0 Å². The van der Waals surface area contributed by atoms with Crippen molar-refractivity contribution in [3.05, 3.63) is 52.5 Å². The van der Waals surface area contributed by atoms with E-state index in [9.17, 15) is 4.79 Å². The van der Waals surface area contributed by atoms with Crippen molar-refractivity contribution in [2.45, 2.75) is 37.9 Å². The van der Waals surface area contributed by atoms with Gasteiger partial charge in [-0.3, -0.25) is 4.79 Å². The molecule has 0 unspecified atom stereocenters. The molecule has 0 aliphatic rings. The predicted octanol–water partition coefficient (Wildman–Crippen LogP) is 5.38. The van der Waals surface area contributed by atoms with Crippen LogP contribution in [0, 0.1) is 0 Å². The molecule has 0 atom stereocenters. The van der Waals surface area contributed by atoms with Gasteiger partial charge in [-0.1, -0.05) is 66.7 Å². The van der Waals surface area contributed by atoms with E-state index in [1.54, 1.807) is 10.8 Å². The fourth-order valence-corrected chi connectivity index (χ4v) is 4.26. The van der Waals surface area contributed by atoms with E-state index in [4.69, 9.17) is 0 Å². The Kier molecular flexibility index (Phi) is 6.92. The van der Waals surface area contributed by atoms with Crippen molar-refractivity contribution < 1.29 is 4.79 Å². The molecule has 0 fully saturated rings. The zero-order chi connectivity index (χ0) is 21.0. The van der Waals surface area contributed by atoms with Crippen molar-refractivity contribution in [1.82, 2.24) is 19.7 Å². The Bertz CT molecular complexity index is 1000. The smallest absolute Gasteiger partial charge is 0.236 e. The van der Waals surface area contributed by atoms with E-state index in [0.717, 1.165) is 21.6 Å². The molecular weight excluding hydrogens is 470 g/mol. The minimum atomic E-state index is -0.130. The zero-order valence-electron chi connectivity index (χ0n) is 16.5. The van der Waals surface area contributed by atoms with Gasteiger partial charge in [0.2, 0.25) is 11.1 Å². The van der Waals surface area contributed by atoms with Crippen molar-refractivity contribution in [3.63, 3.8) is 0 Å². The van der Waals surface area contributed by atoms with E-state index in [0.29, 0.717) is 16.8 Å². The maximum Gasteiger partial charge on any atom is 0.236 e. The van der Waals surface area contributed by atoms with E-state index in [1.807, 2.05) is 29.6 Å². The molecule has 0 radical (unpaired) electrons. The Morgan fingerprint density at radius 3 is 2.66 bits per heavy atom. The van der Waals surface area contributed by atoms with Crippen molar-refractivity contribution in [1.29, 1.82) is 0 Å². The Hall–Kier alpha value is -1.97. The summed E-state index contributed by atoms with van der Waals surface area (Å²) in [5, 5.41) is 10.5. The number of anilines is 1. The van der Waals surface area contributed by atoms with Gasteiger partial charge >= 0.3 is 0 Å². The summed E-state index contributed by atoms with van der Waals surface area (Å²) in [7, 11) is 0. The molecule has 0 spiro atoms. The lowest BCUT2D eigenvalue weighted by molar-refractivity contribution is -0.113. The Morgan fingerprint density at radius 2 is 2.03 bits per heavy atom. The molecule has 152 valence electrons. The quantitative estimate of drug-likeness (QED) is 0.354. The van der Waals surface area contributed by atoms with E-state index in [-0.39, 0.29) is 17.1 Å². The number of carbonyl (C=O) groups is 1. The van der Waals surface area contributed by atoms with Gasteiger partial charge in [0.25, 0.3) is 0 Å². The number of thiazole rings is 1. The first-order chi connectivity index (χ1) is 13.8. The van der Waals surface area contributed by atoms with Gasteiger partial charge in [-0.15, -0.1) is 23.0 Å². The monoisotopic (exact) mass is 491 g/mol. The van der Waals surface area contributed by atoms with Crippen LogP contribution in [0.4, 0.5) is 5.13 Å². The summed E-state index contributed by atoms with van der Waals surface area (Å²) >= 11 is 6.17. The summed E-state index contributed by atoms with van der Waals surface area (Å²) in [6, 6.07) is 7.87. The number of benzene rings is 1. The van der Waals surface area contributed by atoms with Gasteiger partial charge < -0.3 is 5.32 Å². The number of nitrogens with one attached hydrogen (secondary N) is 1. The summed E-state index contributed by atoms with van der Waals surface area (Å²) in [6.07, 6.45) is 1.77. The maximum absolute atomic E-state index is 12.3. The lowest BCUT2D eigenvalue weighted by Crippen LogP contribution is -2.15. The first kappa shape index (κ1) is 21.7. The van der Waals surface area contributed by atoms with Gasteiger partial charge in [-0.2, -0.15) is 0 Å². The van der Waals surface area contributed by atoms with Crippen molar-refractivity contribution in [2.75, 3.05) is 11.1 Å². The van der Waals surface area contributed by atoms with Crippen LogP contribution in [0.3, 0.4) is 0 Å². The number of halogens is 1. The average Bonchev–Trinajstić information content (AvgIpc) is 3.28. The van der Waals surface area contributed by atoms with Gasteiger partial charge in [-0.25, -0.2) is 14.6 Å². The number of amides is 1. The van der Waals surface area contributed by atoms with E-state index in [1.165, 1.54) is 23.1 Å². The summed E-state index contributed by atoms with van der Waals surface area (Å²) in [4.78, 5) is 21.4. The molecule has 0 bridgehead atoms. The lowest BCUT2D eigenvalue weighted by atomic mass is 9.93. The molecule has 0 aliphatic carbocycles. The third-order valence-electron chi connectivity index (χ3n) is 3.91. The van der Waals surface area contributed by atoms with Crippen LogP contribution in [0.25, 0.3) is 11.4 Å². The minimum absolute atomic E-state index is 0.0421. The second kappa shape index (κ2) is 9.23. The SMILES string of the molecule is C=CCn1nc(SCC(=O)Nc2nc(C(C)(C)C)cs2)nc1-c1ccc(Br)cc1. The van der Waals surface area contributed by atoms with Gasteiger partial charge in [0.15, 0.2) is 11.0 Å². The van der Waals surface area contributed by atoms with Crippen LogP contribution in [0.5, 0.6) is 0 Å². The number of thioether (sulfide) groups is 1.